The summed E-state index contributed by atoms with van der Waals surface area (Å²) < 4.78 is 4.95. The van der Waals surface area contributed by atoms with Gasteiger partial charge in [0.05, 0.1) is 18.7 Å². The highest BCUT2D eigenvalue weighted by Crippen LogP contribution is 2.17. The molecule has 0 heterocycles. The van der Waals surface area contributed by atoms with Crippen LogP contribution in [0.25, 0.3) is 0 Å². The standard InChI is InChI=1S/C8H10N2O.C8H8N2.3C2H6/c1-11-7-2-3-8(10)6(4-7)5-9;1-10-8-4-2-7(6-9)3-5-8;3*1-2/h2-5,9H,10H2,1H3;2-5,10H,1H3;3*1-2H3. The number of nitrogen functional groups attached to an aromatic ring is 1. The first-order chi connectivity index (χ1) is 13.1. The van der Waals surface area contributed by atoms with E-state index in [4.69, 9.17) is 21.1 Å². The average molecular weight is 373 g/mol. The number of anilines is 2. The molecule has 150 valence electrons. The third-order valence-electron chi connectivity index (χ3n) is 2.75. The molecule has 5 nitrogen and oxygen atoms in total. The van der Waals surface area contributed by atoms with Crippen molar-refractivity contribution in [3.8, 4) is 11.8 Å². The van der Waals surface area contributed by atoms with Crippen molar-refractivity contribution in [1.82, 2.24) is 0 Å². The zero-order valence-electron chi connectivity index (χ0n) is 18.1. The van der Waals surface area contributed by atoms with Crippen LogP contribution >= 0.6 is 0 Å². The van der Waals surface area contributed by atoms with Gasteiger partial charge in [0.25, 0.3) is 0 Å². The number of methoxy groups -OCH3 is 1. The van der Waals surface area contributed by atoms with Crippen molar-refractivity contribution < 1.29 is 4.74 Å². The largest absolute Gasteiger partial charge is 0.497 e. The molecule has 4 N–H and O–H groups in total. The normalized spacial score (nSPS) is 7.52. The number of nitrogens with zero attached hydrogens (tertiary/aromatic N) is 1. The maximum absolute atomic E-state index is 8.43. The van der Waals surface area contributed by atoms with E-state index in [9.17, 15) is 0 Å². The summed E-state index contributed by atoms with van der Waals surface area (Å²) in [5.74, 6) is 0.720. The predicted octanol–water partition coefficient (Wildman–Crippen LogP) is 5.95. The summed E-state index contributed by atoms with van der Waals surface area (Å²) in [5, 5.41) is 18.4. The molecule has 2 rings (SSSR count). The van der Waals surface area contributed by atoms with Gasteiger partial charge in [-0.1, -0.05) is 41.5 Å². The lowest BCUT2D eigenvalue weighted by Gasteiger charge is -2.02. The molecule has 0 aliphatic heterocycles. The highest BCUT2D eigenvalue weighted by Gasteiger charge is 1.96. The SMILES string of the molecule is CC.CC.CC.CNc1ccc(C#N)cc1.COc1ccc(N)c(C=N)c1. The zero-order valence-corrected chi connectivity index (χ0v) is 18.1. The maximum Gasteiger partial charge on any atom is 0.119 e. The van der Waals surface area contributed by atoms with Gasteiger partial charge in [0.2, 0.25) is 0 Å². The Morgan fingerprint density at radius 1 is 1.00 bits per heavy atom. The minimum Gasteiger partial charge on any atom is -0.497 e. The molecule has 0 fully saturated rings. The predicted molar refractivity (Wildman–Crippen MR) is 120 cm³/mol. The van der Waals surface area contributed by atoms with Gasteiger partial charge in [-0.15, -0.1) is 0 Å². The molecule has 0 saturated carbocycles. The van der Waals surface area contributed by atoms with E-state index in [1.165, 1.54) is 6.21 Å². The zero-order chi connectivity index (χ0) is 21.7. The van der Waals surface area contributed by atoms with Crippen molar-refractivity contribution >= 4 is 17.6 Å². The van der Waals surface area contributed by atoms with Crippen LogP contribution < -0.4 is 15.8 Å². The minimum absolute atomic E-state index is 0.598. The highest BCUT2D eigenvalue weighted by molar-refractivity contribution is 5.85. The molecule has 0 aliphatic carbocycles. The Bertz CT molecular complexity index is 632. The molecule has 2 aromatic carbocycles. The van der Waals surface area contributed by atoms with Gasteiger partial charge in [0, 0.05) is 30.2 Å². The monoisotopic (exact) mass is 372 g/mol. The molecule has 0 spiro atoms. The maximum atomic E-state index is 8.43. The molecule has 27 heavy (non-hydrogen) atoms. The van der Waals surface area contributed by atoms with Crippen molar-refractivity contribution in [2.45, 2.75) is 41.5 Å². The van der Waals surface area contributed by atoms with Crippen LogP contribution in [0.1, 0.15) is 52.7 Å². The Morgan fingerprint density at radius 3 is 1.89 bits per heavy atom. The summed E-state index contributed by atoms with van der Waals surface area (Å²) in [4.78, 5) is 0. The van der Waals surface area contributed by atoms with Crippen molar-refractivity contribution in [2.75, 3.05) is 25.2 Å². The summed E-state index contributed by atoms with van der Waals surface area (Å²) in [6.07, 6.45) is 1.21. The van der Waals surface area contributed by atoms with Crippen LogP contribution in [0.2, 0.25) is 0 Å². The molecule has 5 heteroatoms. The van der Waals surface area contributed by atoms with Crippen LogP contribution in [0.5, 0.6) is 5.75 Å². The summed E-state index contributed by atoms with van der Waals surface area (Å²) in [6.45, 7) is 12.0. The van der Waals surface area contributed by atoms with Gasteiger partial charge in [0.15, 0.2) is 0 Å². The molecule has 0 aliphatic rings. The molecule has 0 bridgehead atoms. The van der Waals surface area contributed by atoms with Crippen LogP contribution in [-0.2, 0) is 0 Å². The fraction of sp³-hybridized carbons (Fsp3) is 0.364. The molecular weight excluding hydrogens is 336 g/mol. The van der Waals surface area contributed by atoms with Crippen molar-refractivity contribution in [1.29, 1.82) is 10.7 Å². The van der Waals surface area contributed by atoms with E-state index in [0.717, 1.165) is 11.4 Å². The van der Waals surface area contributed by atoms with Gasteiger partial charge in [-0.25, -0.2) is 0 Å². The van der Waals surface area contributed by atoms with Gasteiger partial charge >= 0.3 is 0 Å². The van der Waals surface area contributed by atoms with Crippen LogP contribution in [0, 0.1) is 16.7 Å². The summed E-state index contributed by atoms with van der Waals surface area (Å²) >= 11 is 0. The fourth-order valence-electron chi connectivity index (χ4n) is 1.52. The fourth-order valence-corrected chi connectivity index (χ4v) is 1.52. The van der Waals surface area contributed by atoms with Gasteiger partial charge in [0.1, 0.15) is 5.75 Å². The summed E-state index contributed by atoms with van der Waals surface area (Å²) in [5.41, 5.74) is 8.55. The quantitative estimate of drug-likeness (QED) is 0.458. The third kappa shape index (κ3) is 12.9. The third-order valence-corrected chi connectivity index (χ3v) is 2.75. The molecule has 0 amide bonds. The first kappa shape index (κ1) is 28.8. The smallest absolute Gasteiger partial charge is 0.119 e. The molecule has 0 atom stereocenters. The molecule has 0 radical (unpaired) electrons. The number of nitriles is 1. The number of ether oxygens (including phenoxy) is 1. The lowest BCUT2D eigenvalue weighted by atomic mass is 10.2. The van der Waals surface area contributed by atoms with Crippen LogP contribution in [-0.4, -0.2) is 20.4 Å². The van der Waals surface area contributed by atoms with Crippen LogP contribution in [0.3, 0.4) is 0 Å². The number of nitrogens with two attached hydrogens (primary N) is 1. The van der Waals surface area contributed by atoms with Crippen molar-refractivity contribution in [2.24, 2.45) is 0 Å². The van der Waals surface area contributed by atoms with Gasteiger partial charge < -0.3 is 21.2 Å². The van der Waals surface area contributed by atoms with E-state index in [-0.39, 0.29) is 0 Å². The number of rotatable bonds is 3. The molecule has 2 aromatic rings. The van der Waals surface area contributed by atoms with Crippen molar-refractivity contribution in [3.63, 3.8) is 0 Å². The second-order valence-electron chi connectivity index (χ2n) is 4.08. The second-order valence-corrected chi connectivity index (χ2v) is 4.08. The van der Waals surface area contributed by atoms with Gasteiger partial charge in [-0.3, -0.25) is 0 Å². The molecule has 0 unspecified atom stereocenters. The van der Waals surface area contributed by atoms with E-state index in [1.54, 1.807) is 37.4 Å². The number of nitrogens with one attached hydrogen (secondary N) is 2. The van der Waals surface area contributed by atoms with Crippen molar-refractivity contribution in [3.05, 3.63) is 53.6 Å². The summed E-state index contributed by atoms with van der Waals surface area (Å²) in [6, 6.07) is 14.6. The van der Waals surface area contributed by atoms with E-state index >= 15 is 0 Å². The minimum atomic E-state index is 0.598. The lowest BCUT2D eigenvalue weighted by molar-refractivity contribution is 0.415. The Hall–Kier alpha value is -3.00. The Labute approximate surface area is 165 Å². The highest BCUT2D eigenvalue weighted by atomic mass is 16.5. The Balaban J connectivity index is -0.000000335. The van der Waals surface area contributed by atoms with Crippen LogP contribution in [0.15, 0.2) is 42.5 Å². The van der Waals surface area contributed by atoms with Gasteiger partial charge in [-0.2, -0.15) is 5.26 Å². The average Bonchev–Trinajstić information content (AvgIpc) is 2.78. The lowest BCUT2D eigenvalue weighted by Crippen LogP contribution is -1.93. The molecular formula is C22H36N4O. The first-order valence-corrected chi connectivity index (χ1v) is 9.26. The topological polar surface area (TPSA) is 94.9 Å². The van der Waals surface area contributed by atoms with E-state index in [2.05, 4.69) is 11.4 Å². The van der Waals surface area contributed by atoms with E-state index < -0.39 is 0 Å². The number of hydrogen-bond donors (Lipinski definition) is 3. The Kier molecular flexibility index (Phi) is 22.4. The number of benzene rings is 2. The molecule has 0 aromatic heterocycles. The summed E-state index contributed by atoms with van der Waals surface area (Å²) in [7, 11) is 3.43. The van der Waals surface area contributed by atoms with E-state index in [1.807, 2.05) is 60.7 Å². The first-order valence-electron chi connectivity index (χ1n) is 9.26. The Morgan fingerprint density at radius 2 is 1.52 bits per heavy atom. The van der Waals surface area contributed by atoms with Crippen LogP contribution in [0.4, 0.5) is 11.4 Å². The molecule has 0 saturated heterocycles. The van der Waals surface area contributed by atoms with E-state index in [0.29, 0.717) is 16.8 Å². The van der Waals surface area contributed by atoms with Gasteiger partial charge in [-0.05, 0) is 42.5 Å². The number of hydrogen-bond acceptors (Lipinski definition) is 5. The second kappa shape index (κ2) is 21.0.